The van der Waals surface area contributed by atoms with Gasteiger partial charge in [0.2, 0.25) is 0 Å². The van der Waals surface area contributed by atoms with Crippen molar-refractivity contribution >= 4 is 0 Å². The van der Waals surface area contributed by atoms with Crippen molar-refractivity contribution in [2.75, 3.05) is 0 Å². The normalized spacial score (nSPS) is 12.0. The van der Waals surface area contributed by atoms with Crippen LogP contribution in [0.5, 0.6) is 0 Å². The maximum absolute atomic E-state index is 13.7. The fraction of sp³-hybridized carbons (Fsp3) is 0.333. The molecule has 0 radical (unpaired) electrons. The summed E-state index contributed by atoms with van der Waals surface area (Å²) in [4.78, 5) is 0. The second-order valence-electron chi connectivity index (χ2n) is 5.95. The molecule has 0 nitrogen and oxygen atoms in total. The van der Waals surface area contributed by atoms with Crippen molar-refractivity contribution in [2.45, 2.75) is 39.8 Å². The minimum absolute atomic E-state index is 0.0794. The van der Waals surface area contributed by atoms with E-state index in [0.29, 0.717) is 16.7 Å². The molecule has 0 saturated heterocycles. The molecule has 2 aromatic carbocycles. The molecule has 2 aromatic rings. The van der Waals surface area contributed by atoms with Crippen LogP contribution in [-0.4, -0.2) is 0 Å². The smallest absolute Gasteiger partial charge is 0.207 e. The Labute approximate surface area is 127 Å². The quantitative estimate of drug-likeness (QED) is 0.575. The zero-order valence-corrected chi connectivity index (χ0v) is 13.0. The van der Waals surface area contributed by atoms with Crippen molar-refractivity contribution in [2.24, 2.45) is 0 Å². The van der Waals surface area contributed by atoms with E-state index in [1.807, 2.05) is 13.8 Å². The van der Waals surface area contributed by atoms with Crippen LogP contribution >= 0.6 is 0 Å². The van der Waals surface area contributed by atoms with Gasteiger partial charge < -0.3 is 0 Å². The van der Waals surface area contributed by atoms with Crippen molar-refractivity contribution in [3.05, 3.63) is 58.4 Å². The minimum atomic E-state index is -4.48. The van der Waals surface area contributed by atoms with Crippen LogP contribution in [0.3, 0.4) is 0 Å². The van der Waals surface area contributed by atoms with Crippen LogP contribution in [0.4, 0.5) is 17.6 Å². The Balaban J connectivity index is 2.87. The van der Waals surface area contributed by atoms with Crippen LogP contribution < -0.4 is 0 Å². The number of hydrogen-bond acceptors (Lipinski definition) is 0. The zero-order valence-electron chi connectivity index (χ0n) is 13.0. The van der Waals surface area contributed by atoms with Crippen molar-refractivity contribution in [1.29, 1.82) is 0 Å². The number of aryl methyl sites for hydroxylation is 2. The van der Waals surface area contributed by atoms with Crippen molar-refractivity contribution < 1.29 is 17.6 Å². The highest BCUT2D eigenvalue weighted by atomic mass is 19.4. The lowest BCUT2D eigenvalue weighted by molar-refractivity contribution is -0.137. The molecule has 22 heavy (non-hydrogen) atoms. The van der Waals surface area contributed by atoms with E-state index in [1.54, 1.807) is 26.0 Å². The van der Waals surface area contributed by atoms with E-state index in [4.69, 9.17) is 0 Å². The molecule has 4 heteroatoms. The van der Waals surface area contributed by atoms with Gasteiger partial charge in [-0.15, -0.1) is 0 Å². The number of rotatable bonds is 2. The third-order valence-electron chi connectivity index (χ3n) is 3.57. The maximum atomic E-state index is 13.7. The largest absolute Gasteiger partial charge is 0.417 e. The molecule has 0 heterocycles. The third-order valence-corrected chi connectivity index (χ3v) is 3.57. The van der Waals surface area contributed by atoms with E-state index in [0.717, 1.165) is 6.07 Å². The van der Waals surface area contributed by atoms with Crippen LogP contribution in [-0.2, 0) is 6.18 Å². The summed E-state index contributed by atoms with van der Waals surface area (Å²) in [7, 11) is 0. The highest BCUT2D eigenvalue weighted by Gasteiger charge is 2.35. The predicted molar refractivity (Wildman–Crippen MR) is 80.4 cm³/mol. The third kappa shape index (κ3) is 3.32. The van der Waals surface area contributed by atoms with Gasteiger partial charge >= 0.3 is 6.18 Å². The van der Waals surface area contributed by atoms with Crippen LogP contribution in [0.1, 0.15) is 42.0 Å². The van der Waals surface area contributed by atoms with Gasteiger partial charge in [0.25, 0.3) is 0 Å². The van der Waals surface area contributed by atoms with Crippen LogP contribution in [0.15, 0.2) is 30.3 Å². The second-order valence-corrected chi connectivity index (χ2v) is 5.95. The van der Waals surface area contributed by atoms with E-state index in [1.165, 1.54) is 12.1 Å². The Morgan fingerprint density at radius 1 is 0.864 bits per heavy atom. The average Bonchev–Trinajstić information content (AvgIpc) is 2.35. The molecule has 0 N–H and O–H groups in total. The van der Waals surface area contributed by atoms with Gasteiger partial charge in [-0.05, 0) is 60.2 Å². The SMILES string of the molecule is Cc1cc(F)cc(-c2c(C(C)C)cc(C)cc2C(F)(F)F)c1. The van der Waals surface area contributed by atoms with Crippen molar-refractivity contribution in [3.63, 3.8) is 0 Å². The topological polar surface area (TPSA) is 0 Å². The highest BCUT2D eigenvalue weighted by molar-refractivity contribution is 5.73. The van der Waals surface area contributed by atoms with Gasteiger partial charge in [0, 0.05) is 0 Å². The first-order chi connectivity index (χ1) is 10.1. The molecule has 0 unspecified atom stereocenters. The standard InChI is InChI=1S/C18H18F4/c1-10(2)15-7-12(4)8-16(18(20,21)22)17(15)13-5-11(3)6-14(19)9-13/h5-10H,1-4H3. The Kier molecular flexibility index (Phi) is 4.32. The first kappa shape index (κ1) is 16.5. The summed E-state index contributed by atoms with van der Waals surface area (Å²) in [5.41, 5.74) is 1.37. The van der Waals surface area contributed by atoms with E-state index in [2.05, 4.69) is 0 Å². The fourth-order valence-electron chi connectivity index (χ4n) is 2.70. The Hall–Kier alpha value is -1.84. The Morgan fingerprint density at radius 3 is 1.95 bits per heavy atom. The number of hydrogen-bond donors (Lipinski definition) is 0. The van der Waals surface area contributed by atoms with E-state index >= 15 is 0 Å². The van der Waals surface area contributed by atoms with Crippen LogP contribution in [0.2, 0.25) is 0 Å². The number of benzene rings is 2. The van der Waals surface area contributed by atoms with Gasteiger partial charge in [-0.25, -0.2) is 4.39 Å². The number of alkyl halides is 3. The second kappa shape index (κ2) is 5.75. The molecule has 0 atom stereocenters. The summed E-state index contributed by atoms with van der Waals surface area (Å²) in [5.74, 6) is -0.627. The van der Waals surface area contributed by atoms with Gasteiger partial charge in [0.05, 0.1) is 5.56 Å². The average molecular weight is 310 g/mol. The van der Waals surface area contributed by atoms with Crippen LogP contribution in [0.25, 0.3) is 11.1 Å². The first-order valence-corrected chi connectivity index (χ1v) is 7.09. The fourth-order valence-corrected chi connectivity index (χ4v) is 2.70. The van der Waals surface area contributed by atoms with Gasteiger partial charge in [0.15, 0.2) is 0 Å². The molecular formula is C18H18F4. The van der Waals surface area contributed by atoms with Gasteiger partial charge in [0.1, 0.15) is 5.82 Å². The molecule has 0 fully saturated rings. The van der Waals surface area contributed by atoms with Crippen LogP contribution in [0, 0.1) is 19.7 Å². The molecule has 0 aliphatic carbocycles. The summed E-state index contributed by atoms with van der Waals surface area (Å²) in [6.07, 6.45) is -4.48. The Bertz CT molecular complexity index is 677. The molecule has 0 amide bonds. The molecule has 2 rings (SSSR count). The molecule has 0 saturated carbocycles. The van der Waals surface area contributed by atoms with E-state index in [-0.39, 0.29) is 17.0 Å². The van der Waals surface area contributed by atoms with Crippen molar-refractivity contribution in [1.82, 2.24) is 0 Å². The summed E-state index contributed by atoms with van der Waals surface area (Å²) < 4.78 is 54.1. The molecule has 118 valence electrons. The first-order valence-electron chi connectivity index (χ1n) is 7.09. The van der Waals surface area contributed by atoms with Gasteiger partial charge in [-0.1, -0.05) is 31.5 Å². The minimum Gasteiger partial charge on any atom is -0.207 e. The van der Waals surface area contributed by atoms with E-state index < -0.39 is 17.6 Å². The lowest BCUT2D eigenvalue weighted by Gasteiger charge is -2.21. The zero-order chi connectivity index (χ0) is 16.7. The van der Waals surface area contributed by atoms with Gasteiger partial charge in [-0.2, -0.15) is 13.2 Å². The van der Waals surface area contributed by atoms with Gasteiger partial charge in [-0.3, -0.25) is 0 Å². The molecule has 0 aliphatic rings. The van der Waals surface area contributed by atoms with Crippen molar-refractivity contribution in [3.8, 4) is 11.1 Å². The summed E-state index contributed by atoms with van der Waals surface area (Å²) >= 11 is 0. The Morgan fingerprint density at radius 2 is 1.45 bits per heavy atom. The number of halogens is 4. The molecule has 0 aromatic heterocycles. The lowest BCUT2D eigenvalue weighted by Crippen LogP contribution is -2.10. The summed E-state index contributed by atoms with van der Waals surface area (Å²) in [6, 6.07) is 6.94. The highest BCUT2D eigenvalue weighted by Crippen LogP contribution is 2.42. The lowest BCUT2D eigenvalue weighted by atomic mass is 9.86. The molecule has 0 spiro atoms. The molecule has 0 bridgehead atoms. The summed E-state index contributed by atoms with van der Waals surface area (Å²) in [6.45, 7) is 6.99. The molecule has 0 aliphatic heterocycles. The predicted octanol–water partition coefficient (Wildman–Crippen LogP) is 6.25. The molecular weight excluding hydrogens is 292 g/mol. The van der Waals surface area contributed by atoms with E-state index in [9.17, 15) is 17.6 Å². The monoisotopic (exact) mass is 310 g/mol. The maximum Gasteiger partial charge on any atom is 0.417 e. The summed E-state index contributed by atoms with van der Waals surface area (Å²) in [5, 5.41) is 0.